The molecule has 20 heavy (non-hydrogen) atoms. The van der Waals surface area contributed by atoms with E-state index in [-0.39, 0.29) is 17.7 Å². The molecule has 1 atom stereocenters. The average molecular weight is 302 g/mol. The molecule has 1 aliphatic carbocycles. The minimum absolute atomic E-state index is 0.0313. The van der Waals surface area contributed by atoms with Crippen LogP contribution in [-0.2, 0) is 14.6 Å². The number of hydrogen-bond acceptors (Lipinski definition) is 4. The molecule has 116 valence electrons. The van der Waals surface area contributed by atoms with E-state index in [9.17, 15) is 13.2 Å². The molecule has 0 radical (unpaired) electrons. The minimum Gasteiger partial charge on any atom is -0.341 e. The molecule has 5 nitrogen and oxygen atoms in total. The van der Waals surface area contributed by atoms with E-state index in [1.165, 1.54) is 12.7 Å². The molecule has 2 rings (SSSR count). The molecular formula is C14H26N2O3S. The van der Waals surface area contributed by atoms with Crippen molar-refractivity contribution in [2.75, 3.05) is 38.2 Å². The maximum Gasteiger partial charge on any atom is 0.225 e. The highest BCUT2D eigenvalue weighted by Crippen LogP contribution is 2.28. The molecule has 0 aromatic carbocycles. The monoisotopic (exact) mass is 302 g/mol. The number of rotatable bonds is 4. The molecular weight excluding hydrogens is 276 g/mol. The van der Waals surface area contributed by atoms with E-state index in [0.717, 1.165) is 45.4 Å². The summed E-state index contributed by atoms with van der Waals surface area (Å²) in [5.74, 6) is 0.771. The molecule has 6 heteroatoms. The van der Waals surface area contributed by atoms with E-state index in [1.807, 2.05) is 11.8 Å². The second-order valence-electron chi connectivity index (χ2n) is 6.28. The predicted octanol–water partition coefficient (Wildman–Crippen LogP) is 0.754. The SMILES string of the molecule is CC(CS(C)(=O)=O)N1CCCN(C(=O)C2CCC2)CC1. The maximum absolute atomic E-state index is 12.2. The fraction of sp³-hybridized carbons (Fsp3) is 0.929. The zero-order valence-electron chi connectivity index (χ0n) is 12.5. The first kappa shape index (κ1) is 15.8. The number of hydrogen-bond donors (Lipinski definition) is 0. The van der Waals surface area contributed by atoms with Gasteiger partial charge in [0.1, 0.15) is 9.84 Å². The lowest BCUT2D eigenvalue weighted by molar-refractivity contribution is -0.138. The van der Waals surface area contributed by atoms with Crippen molar-refractivity contribution in [2.45, 2.75) is 38.6 Å². The van der Waals surface area contributed by atoms with E-state index in [4.69, 9.17) is 0 Å². The van der Waals surface area contributed by atoms with Crippen LogP contribution in [0, 0.1) is 5.92 Å². The van der Waals surface area contributed by atoms with Gasteiger partial charge < -0.3 is 4.90 Å². The molecule has 2 fully saturated rings. The second-order valence-corrected chi connectivity index (χ2v) is 8.47. The Morgan fingerprint density at radius 2 is 1.85 bits per heavy atom. The van der Waals surface area contributed by atoms with Crippen molar-refractivity contribution in [3.05, 3.63) is 0 Å². The standard InChI is InChI=1S/C14H26N2O3S/c1-12(11-20(2,18)19)15-7-4-8-16(10-9-15)14(17)13-5-3-6-13/h12-13H,3-11H2,1-2H3. The van der Waals surface area contributed by atoms with Crippen molar-refractivity contribution in [3.8, 4) is 0 Å². The largest absolute Gasteiger partial charge is 0.341 e. The molecule has 2 aliphatic rings. The molecule has 1 aliphatic heterocycles. The summed E-state index contributed by atoms with van der Waals surface area (Å²) in [6.07, 6.45) is 5.50. The quantitative estimate of drug-likeness (QED) is 0.769. The molecule has 1 amide bonds. The second kappa shape index (κ2) is 6.43. The highest BCUT2D eigenvalue weighted by atomic mass is 32.2. The molecule has 0 N–H and O–H groups in total. The average Bonchev–Trinajstić information content (AvgIpc) is 2.49. The first-order chi connectivity index (χ1) is 9.37. The molecule has 0 aromatic rings. The third kappa shape index (κ3) is 4.19. The van der Waals surface area contributed by atoms with Gasteiger partial charge in [0, 0.05) is 44.4 Å². The van der Waals surface area contributed by atoms with Gasteiger partial charge in [0.05, 0.1) is 5.75 Å². The molecule has 0 spiro atoms. The van der Waals surface area contributed by atoms with Gasteiger partial charge in [-0.15, -0.1) is 0 Å². The first-order valence-electron chi connectivity index (χ1n) is 7.57. The lowest BCUT2D eigenvalue weighted by Gasteiger charge is -2.31. The van der Waals surface area contributed by atoms with Crippen molar-refractivity contribution in [1.29, 1.82) is 0 Å². The van der Waals surface area contributed by atoms with Crippen LogP contribution in [0.4, 0.5) is 0 Å². The highest BCUT2D eigenvalue weighted by Gasteiger charge is 2.31. The summed E-state index contributed by atoms with van der Waals surface area (Å²) in [5.41, 5.74) is 0. The molecule has 1 unspecified atom stereocenters. The number of amides is 1. The van der Waals surface area contributed by atoms with Crippen LogP contribution in [0.1, 0.15) is 32.6 Å². The highest BCUT2D eigenvalue weighted by molar-refractivity contribution is 7.90. The van der Waals surface area contributed by atoms with Gasteiger partial charge in [0.2, 0.25) is 5.91 Å². The van der Waals surface area contributed by atoms with Crippen LogP contribution in [0.5, 0.6) is 0 Å². The summed E-state index contributed by atoms with van der Waals surface area (Å²) < 4.78 is 22.8. The summed E-state index contributed by atoms with van der Waals surface area (Å²) in [7, 11) is -2.94. The summed E-state index contributed by atoms with van der Waals surface area (Å²) >= 11 is 0. The van der Waals surface area contributed by atoms with Gasteiger partial charge in [0.15, 0.2) is 0 Å². The van der Waals surface area contributed by atoms with Crippen molar-refractivity contribution in [1.82, 2.24) is 9.80 Å². The Morgan fingerprint density at radius 1 is 1.15 bits per heavy atom. The van der Waals surface area contributed by atoms with E-state index in [1.54, 1.807) is 0 Å². The van der Waals surface area contributed by atoms with E-state index in [2.05, 4.69) is 4.90 Å². The van der Waals surface area contributed by atoms with Crippen molar-refractivity contribution in [3.63, 3.8) is 0 Å². The Morgan fingerprint density at radius 3 is 2.40 bits per heavy atom. The van der Waals surface area contributed by atoms with Crippen molar-refractivity contribution < 1.29 is 13.2 Å². The maximum atomic E-state index is 12.2. The third-order valence-corrected chi connectivity index (χ3v) is 5.55. The van der Waals surface area contributed by atoms with E-state index < -0.39 is 9.84 Å². The first-order valence-corrected chi connectivity index (χ1v) is 9.63. The van der Waals surface area contributed by atoms with E-state index >= 15 is 0 Å². The van der Waals surface area contributed by atoms with Crippen LogP contribution in [0.3, 0.4) is 0 Å². The van der Waals surface area contributed by atoms with E-state index in [0.29, 0.717) is 5.91 Å². The fourth-order valence-electron chi connectivity index (χ4n) is 3.06. The molecule has 1 saturated heterocycles. The van der Waals surface area contributed by atoms with Crippen LogP contribution in [0.2, 0.25) is 0 Å². The van der Waals surface area contributed by atoms with Crippen LogP contribution in [0.25, 0.3) is 0 Å². The Bertz CT molecular complexity index is 445. The van der Waals surface area contributed by atoms with Crippen LogP contribution in [0.15, 0.2) is 0 Å². The topological polar surface area (TPSA) is 57.7 Å². The lowest BCUT2D eigenvalue weighted by Crippen LogP contribution is -2.43. The molecule has 0 bridgehead atoms. The molecule has 0 aromatic heterocycles. The summed E-state index contributed by atoms with van der Waals surface area (Å²) in [4.78, 5) is 16.4. The van der Waals surface area contributed by atoms with Crippen molar-refractivity contribution >= 4 is 15.7 Å². The molecule has 1 heterocycles. The zero-order valence-corrected chi connectivity index (χ0v) is 13.4. The number of sulfone groups is 1. The van der Waals surface area contributed by atoms with Crippen LogP contribution in [-0.4, -0.2) is 68.4 Å². The fourth-order valence-corrected chi connectivity index (χ4v) is 4.14. The summed E-state index contributed by atoms with van der Waals surface area (Å²) in [6.45, 7) is 5.19. The van der Waals surface area contributed by atoms with Gasteiger partial charge >= 0.3 is 0 Å². The predicted molar refractivity (Wildman–Crippen MR) is 79.3 cm³/mol. The summed E-state index contributed by atoms with van der Waals surface area (Å²) in [5, 5.41) is 0. The van der Waals surface area contributed by atoms with Gasteiger partial charge in [0.25, 0.3) is 0 Å². The Labute approximate surface area is 122 Å². The summed E-state index contributed by atoms with van der Waals surface area (Å²) in [6, 6.07) is 0.0313. The lowest BCUT2D eigenvalue weighted by atomic mass is 9.84. The van der Waals surface area contributed by atoms with Crippen molar-refractivity contribution in [2.24, 2.45) is 5.92 Å². The number of carbonyl (C=O) groups is 1. The Hall–Kier alpha value is -0.620. The van der Waals surface area contributed by atoms with Gasteiger partial charge in [-0.2, -0.15) is 0 Å². The Kier molecular flexibility index (Phi) is 5.07. The normalized spacial score (nSPS) is 24.0. The third-order valence-electron chi connectivity index (χ3n) is 4.46. The number of carbonyl (C=O) groups excluding carboxylic acids is 1. The van der Waals surface area contributed by atoms with Gasteiger partial charge in [-0.1, -0.05) is 6.42 Å². The smallest absolute Gasteiger partial charge is 0.225 e. The van der Waals surface area contributed by atoms with Gasteiger partial charge in [-0.05, 0) is 26.2 Å². The van der Waals surface area contributed by atoms with Gasteiger partial charge in [-0.25, -0.2) is 8.42 Å². The van der Waals surface area contributed by atoms with Gasteiger partial charge in [-0.3, -0.25) is 9.69 Å². The van der Waals surface area contributed by atoms with Crippen LogP contribution >= 0.6 is 0 Å². The number of nitrogens with zero attached hydrogens (tertiary/aromatic N) is 2. The Balaban J connectivity index is 1.86. The zero-order chi connectivity index (χ0) is 14.8. The van der Waals surface area contributed by atoms with Crippen LogP contribution < -0.4 is 0 Å². The molecule has 1 saturated carbocycles. The minimum atomic E-state index is -2.94.